The summed E-state index contributed by atoms with van der Waals surface area (Å²) in [6.07, 6.45) is 0. The van der Waals surface area contributed by atoms with E-state index in [2.05, 4.69) is 15.4 Å². The Morgan fingerprint density at radius 2 is 2.38 bits per heavy atom. The van der Waals surface area contributed by atoms with Crippen LogP contribution in [-0.4, -0.2) is 15.1 Å². The van der Waals surface area contributed by atoms with E-state index in [9.17, 15) is 0 Å². The maximum Gasteiger partial charge on any atom is 0.157 e. The summed E-state index contributed by atoms with van der Waals surface area (Å²) in [5.41, 5.74) is 2.48. The van der Waals surface area contributed by atoms with Crippen molar-refractivity contribution in [1.82, 2.24) is 9.97 Å². The molecule has 4 N–H and O–H groups in total. The third-order valence-electron chi connectivity index (χ3n) is 1.65. The molecular weight excluding hydrogens is 188 g/mol. The summed E-state index contributed by atoms with van der Waals surface area (Å²) < 4.78 is 0. The molecule has 2 rings (SSSR count). The molecule has 0 aromatic carbocycles. The van der Waals surface area contributed by atoms with E-state index in [-0.39, 0.29) is 6.61 Å². The van der Waals surface area contributed by atoms with Gasteiger partial charge in [0.1, 0.15) is 11.4 Å². The third kappa shape index (κ3) is 1.35. The second-order valence-corrected chi connectivity index (χ2v) is 3.32. The summed E-state index contributed by atoms with van der Waals surface area (Å²) in [4.78, 5) is 8.97. The zero-order chi connectivity index (χ0) is 9.26. The molecule has 0 aliphatic rings. The van der Waals surface area contributed by atoms with E-state index in [1.54, 1.807) is 0 Å². The first-order valence-electron chi connectivity index (χ1n) is 3.66. The smallest absolute Gasteiger partial charge is 0.157 e. The molecule has 2 heterocycles. The molecule has 0 spiro atoms. The number of hydrogen-bond donors (Lipinski definition) is 3. The van der Waals surface area contributed by atoms with Gasteiger partial charge in [0, 0.05) is 0 Å². The fourth-order valence-corrected chi connectivity index (χ4v) is 1.86. The Morgan fingerprint density at radius 3 is 3.08 bits per heavy atom. The molecule has 5 nitrogen and oxygen atoms in total. The molecule has 0 amide bonds. The minimum Gasteiger partial charge on any atom is -0.388 e. The molecule has 2 aromatic heterocycles. The fraction of sp³-hybridized carbons (Fsp3) is 0.143. The molecule has 0 saturated carbocycles. The molecule has 0 aliphatic heterocycles. The van der Waals surface area contributed by atoms with Gasteiger partial charge in [-0.3, -0.25) is 0 Å². The van der Waals surface area contributed by atoms with Crippen molar-refractivity contribution in [3.05, 3.63) is 17.3 Å². The van der Waals surface area contributed by atoms with Crippen LogP contribution in [0.1, 0.15) is 5.82 Å². The summed E-state index contributed by atoms with van der Waals surface area (Å²) >= 11 is 1.49. The minimum absolute atomic E-state index is 0.178. The zero-order valence-electron chi connectivity index (χ0n) is 6.69. The van der Waals surface area contributed by atoms with Gasteiger partial charge in [-0.25, -0.2) is 15.8 Å². The molecule has 68 valence electrons. The number of aliphatic hydroxyl groups is 1. The number of hydrazine groups is 1. The van der Waals surface area contributed by atoms with Crippen molar-refractivity contribution in [2.45, 2.75) is 6.61 Å². The van der Waals surface area contributed by atoms with E-state index in [4.69, 9.17) is 10.9 Å². The van der Waals surface area contributed by atoms with E-state index in [1.165, 1.54) is 11.3 Å². The molecule has 13 heavy (non-hydrogen) atoms. The topological polar surface area (TPSA) is 84.1 Å². The van der Waals surface area contributed by atoms with Crippen LogP contribution >= 0.6 is 11.3 Å². The number of aliphatic hydroxyl groups excluding tert-OH is 1. The number of anilines is 1. The number of fused-ring (bicyclic) bond motifs is 1. The standard InChI is InChI=1S/C7H8N4OS/c8-11-6-4-1-2-13-7(4)10-5(3-12)9-6/h1-2,12H,3,8H2,(H,9,10,11). The summed E-state index contributed by atoms with van der Waals surface area (Å²) in [6, 6.07) is 1.89. The quantitative estimate of drug-likeness (QED) is 0.480. The Kier molecular flexibility index (Phi) is 2.09. The Morgan fingerprint density at radius 1 is 1.54 bits per heavy atom. The molecule has 6 heteroatoms. The third-order valence-corrected chi connectivity index (χ3v) is 2.46. The van der Waals surface area contributed by atoms with Crippen LogP contribution in [0.15, 0.2) is 11.4 Å². The van der Waals surface area contributed by atoms with Crippen LogP contribution in [-0.2, 0) is 6.61 Å². The average molecular weight is 196 g/mol. The molecular formula is C7H8N4OS. The summed E-state index contributed by atoms with van der Waals surface area (Å²) in [5.74, 6) is 6.21. The van der Waals surface area contributed by atoms with Gasteiger partial charge in [-0.2, -0.15) is 0 Å². The van der Waals surface area contributed by atoms with Crippen LogP contribution in [0.25, 0.3) is 10.2 Å². The molecule has 0 atom stereocenters. The van der Waals surface area contributed by atoms with Gasteiger partial charge in [0.15, 0.2) is 11.6 Å². The van der Waals surface area contributed by atoms with Crippen molar-refractivity contribution in [2.75, 3.05) is 5.43 Å². The van der Waals surface area contributed by atoms with Gasteiger partial charge in [-0.15, -0.1) is 11.3 Å². The molecule has 2 aromatic rings. The number of thiophene rings is 1. The van der Waals surface area contributed by atoms with Crippen molar-refractivity contribution >= 4 is 27.4 Å². The lowest BCUT2D eigenvalue weighted by Gasteiger charge is -2.02. The second-order valence-electron chi connectivity index (χ2n) is 2.43. The first-order valence-corrected chi connectivity index (χ1v) is 4.54. The van der Waals surface area contributed by atoms with Crippen molar-refractivity contribution in [1.29, 1.82) is 0 Å². The predicted octanol–water partition coefficient (Wildman–Crippen LogP) is 0.469. The monoisotopic (exact) mass is 196 g/mol. The maximum absolute atomic E-state index is 8.87. The number of hydrogen-bond acceptors (Lipinski definition) is 6. The Bertz CT molecular complexity index is 427. The van der Waals surface area contributed by atoms with Crippen molar-refractivity contribution in [3.63, 3.8) is 0 Å². The summed E-state index contributed by atoms with van der Waals surface area (Å²) in [5, 5.41) is 11.6. The number of nitrogens with zero attached hydrogens (tertiary/aromatic N) is 2. The number of nitrogen functional groups attached to an aromatic ring is 1. The SMILES string of the molecule is NNc1nc(CO)nc2sccc12. The molecule has 0 saturated heterocycles. The largest absolute Gasteiger partial charge is 0.388 e. The highest BCUT2D eigenvalue weighted by Gasteiger charge is 2.06. The van der Waals surface area contributed by atoms with Gasteiger partial charge in [0.25, 0.3) is 0 Å². The molecule has 0 unspecified atom stereocenters. The van der Waals surface area contributed by atoms with Gasteiger partial charge in [-0.05, 0) is 11.4 Å². The highest BCUT2D eigenvalue weighted by atomic mass is 32.1. The van der Waals surface area contributed by atoms with Crippen LogP contribution < -0.4 is 11.3 Å². The van der Waals surface area contributed by atoms with Crippen LogP contribution in [0.2, 0.25) is 0 Å². The number of aromatic nitrogens is 2. The van der Waals surface area contributed by atoms with Crippen LogP contribution in [0.3, 0.4) is 0 Å². The molecule has 0 fully saturated rings. The fourth-order valence-electron chi connectivity index (χ4n) is 1.08. The highest BCUT2D eigenvalue weighted by molar-refractivity contribution is 7.16. The van der Waals surface area contributed by atoms with E-state index in [0.717, 1.165) is 10.2 Å². The lowest BCUT2D eigenvalue weighted by Crippen LogP contribution is -2.10. The van der Waals surface area contributed by atoms with Gasteiger partial charge < -0.3 is 10.5 Å². The van der Waals surface area contributed by atoms with Gasteiger partial charge in [-0.1, -0.05) is 0 Å². The van der Waals surface area contributed by atoms with Crippen LogP contribution in [0.5, 0.6) is 0 Å². The Balaban J connectivity index is 2.70. The van der Waals surface area contributed by atoms with Crippen LogP contribution in [0.4, 0.5) is 5.82 Å². The zero-order valence-corrected chi connectivity index (χ0v) is 7.51. The van der Waals surface area contributed by atoms with E-state index in [1.807, 2.05) is 11.4 Å². The number of nitrogens with two attached hydrogens (primary N) is 1. The number of rotatable bonds is 2. The van der Waals surface area contributed by atoms with Gasteiger partial charge >= 0.3 is 0 Å². The van der Waals surface area contributed by atoms with Gasteiger partial charge in [0.05, 0.1) is 5.39 Å². The lowest BCUT2D eigenvalue weighted by atomic mass is 10.4. The lowest BCUT2D eigenvalue weighted by molar-refractivity contribution is 0.272. The first-order chi connectivity index (χ1) is 6.35. The van der Waals surface area contributed by atoms with E-state index in [0.29, 0.717) is 11.6 Å². The summed E-state index contributed by atoms with van der Waals surface area (Å²) in [6.45, 7) is -0.178. The second kappa shape index (κ2) is 3.25. The van der Waals surface area contributed by atoms with Gasteiger partial charge in [0.2, 0.25) is 0 Å². The average Bonchev–Trinajstić information content (AvgIpc) is 2.63. The first kappa shape index (κ1) is 8.36. The van der Waals surface area contributed by atoms with E-state index >= 15 is 0 Å². The van der Waals surface area contributed by atoms with Crippen molar-refractivity contribution < 1.29 is 5.11 Å². The maximum atomic E-state index is 8.87. The van der Waals surface area contributed by atoms with E-state index < -0.39 is 0 Å². The van der Waals surface area contributed by atoms with Crippen molar-refractivity contribution in [2.24, 2.45) is 5.84 Å². The molecule has 0 aliphatic carbocycles. The van der Waals surface area contributed by atoms with Crippen LogP contribution in [0, 0.1) is 0 Å². The Labute approximate surface area is 78.2 Å². The molecule has 0 bridgehead atoms. The van der Waals surface area contributed by atoms with Crippen molar-refractivity contribution in [3.8, 4) is 0 Å². The highest BCUT2D eigenvalue weighted by Crippen LogP contribution is 2.24. The number of nitrogens with one attached hydrogen (secondary N) is 1. The normalized spacial score (nSPS) is 10.6. The predicted molar refractivity (Wildman–Crippen MR) is 51.1 cm³/mol. The molecule has 0 radical (unpaired) electrons. The Hall–Kier alpha value is -1.24. The summed E-state index contributed by atoms with van der Waals surface area (Å²) in [7, 11) is 0. The minimum atomic E-state index is -0.178.